The number of aromatic nitrogens is 1. The number of sulfonamides is 1. The van der Waals surface area contributed by atoms with Crippen LogP contribution >= 0.6 is 22.7 Å². The first-order chi connectivity index (χ1) is 9.80. The number of rotatable bonds is 6. The molecule has 2 aromatic rings. The average Bonchev–Trinajstić information content (AvgIpc) is 3.04. The first kappa shape index (κ1) is 16.1. The summed E-state index contributed by atoms with van der Waals surface area (Å²) in [4.78, 5) is 15.6. The Morgan fingerprint density at radius 3 is 2.71 bits per heavy atom. The van der Waals surface area contributed by atoms with Gasteiger partial charge in [0.2, 0.25) is 0 Å². The van der Waals surface area contributed by atoms with Gasteiger partial charge in [-0.2, -0.15) is 4.31 Å². The Kier molecular flexibility index (Phi) is 4.77. The zero-order valence-corrected chi connectivity index (χ0v) is 13.9. The molecule has 0 aliphatic heterocycles. The fourth-order valence-corrected chi connectivity index (χ4v) is 4.94. The number of hydrogen-bond donors (Lipinski definition) is 1. The van der Waals surface area contributed by atoms with Gasteiger partial charge in [-0.15, -0.1) is 22.7 Å². The molecule has 9 heteroatoms. The Labute approximate surface area is 130 Å². The highest BCUT2D eigenvalue weighted by atomic mass is 32.2. The van der Waals surface area contributed by atoms with Crippen LogP contribution in [0.1, 0.15) is 11.4 Å². The Bertz CT molecular complexity index is 748. The van der Waals surface area contributed by atoms with Gasteiger partial charge in [0.15, 0.2) is 0 Å². The third kappa shape index (κ3) is 3.67. The van der Waals surface area contributed by atoms with E-state index in [1.807, 2.05) is 12.3 Å². The molecule has 0 fully saturated rings. The Morgan fingerprint density at radius 2 is 2.14 bits per heavy atom. The number of carboxylic acids is 1. The van der Waals surface area contributed by atoms with Gasteiger partial charge in [-0.05, 0) is 19.1 Å². The van der Waals surface area contributed by atoms with Crippen molar-refractivity contribution >= 4 is 38.7 Å². The molecule has 1 N–H and O–H groups in total. The molecule has 0 aliphatic rings. The molecule has 2 rings (SSSR count). The smallest absolute Gasteiger partial charge is 0.304 e. The second-order valence-electron chi connectivity index (χ2n) is 4.34. The highest BCUT2D eigenvalue weighted by Crippen LogP contribution is 2.32. The van der Waals surface area contributed by atoms with Crippen molar-refractivity contribution in [1.29, 1.82) is 0 Å². The van der Waals surface area contributed by atoms with Crippen LogP contribution in [0.25, 0.3) is 10.6 Å². The zero-order chi connectivity index (χ0) is 15.6. The number of aryl methyl sites for hydroxylation is 1. The molecular weight excluding hydrogens is 332 g/mol. The van der Waals surface area contributed by atoms with Crippen molar-refractivity contribution in [2.75, 3.05) is 13.6 Å². The number of hydrogen-bond acceptors (Lipinski definition) is 6. The Balaban J connectivity index is 2.21. The molecule has 6 nitrogen and oxygen atoms in total. The topological polar surface area (TPSA) is 87.6 Å². The summed E-state index contributed by atoms with van der Waals surface area (Å²) >= 11 is 2.64. The third-order valence-corrected chi connectivity index (χ3v) is 6.96. The molecule has 0 radical (unpaired) electrons. The second-order valence-corrected chi connectivity index (χ2v) is 8.76. The summed E-state index contributed by atoms with van der Waals surface area (Å²) in [5, 5.41) is 11.4. The predicted octanol–water partition coefficient (Wildman–Crippen LogP) is 2.28. The Hall–Kier alpha value is -1.29. The monoisotopic (exact) mass is 346 g/mol. The van der Waals surface area contributed by atoms with Gasteiger partial charge in [0.1, 0.15) is 4.21 Å². The standard InChI is InChI=1S/C12H14N2O4S3/c1-8-13-9(7-19-8)10-3-4-12(20-10)21(17,18)14(2)6-5-11(15)16/h3-4,7H,5-6H2,1-2H3,(H,15,16). The van der Waals surface area contributed by atoms with Crippen LogP contribution < -0.4 is 0 Å². The molecule has 114 valence electrons. The lowest BCUT2D eigenvalue weighted by Gasteiger charge is -2.14. The molecule has 0 aromatic carbocycles. The van der Waals surface area contributed by atoms with E-state index in [0.29, 0.717) is 0 Å². The van der Waals surface area contributed by atoms with Crippen LogP contribution in [0.3, 0.4) is 0 Å². The molecule has 0 atom stereocenters. The fraction of sp³-hybridized carbons (Fsp3) is 0.333. The SMILES string of the molecule is Cc1nc(-c2ccc(S(=O)(=O)N(C)CCC(=O)O)s2)cs1. The van der Waals surface area contributed by atoms with Gasteiger partial charge in [-0.25, -0.2) is 13.4 Å². The first-order valence-electron chi connectivity index (χ1n) is 6.01. The molecule has 0 aliphatic carbocycles. The first-order valence-corrected chi connectivity index (χ1v) is 9.15. The van der Waals surface area contributed by atoms with Crippen LogP contribution in [-0.4, -0.2) is 42.4 Å². The van der Waals surface area contributed by atoms with Crippen LogP contribution in [0.2, 0.25) is 0 Å². The number of nitrogens with zero attached hydrogens (tertiary/aromatic N) is 2. The largest absolute Gasteiger partial charge is 0.481 e. The predicted molar refractivity (Wildman–Crippen MR) is 82.2 cm³/mol. The molecule has 2 aromatic heterocycles. The maximum Gasteiger partial charge on any atom is 0.304 e. The van der Waals surface area contributed by atoms with Gasteiger partial charge in [0.25, 0.3) is 10.0 Å². The van der Waals surface area contributed by atoms with E-state index in [2.05, 4.69) is 4.98 Å². The summed E-state index contributed by atoms with van der Waals surface area (Å²) < 4.78 is 25.9. The lowest BCUT2D eigenvalue weighted by atomic mass is 10.4. The lowest BCUT2D eigenvalue weighted by Crippen LogP contribution is -2.28. The van der Waals surface area contributed by atoms with Gasteiger partial charge >= 0.3 is 5.97 Å². The number of carbonyl (C=O) groups is 1. The minimum absolute atomic E-state index is 0.0549. The van der Waals surface area contributed by atoms with E-state index in [1.165, 1.54) is 24.5 Å². The second kappa shape index (κ2) is 6.22. The normalized spacial score (nSPS) is 12.0. The van der Waals surface area contributed by atoms with E-state index in [9.17, 15) is 13.2 Å². The minimum Gasteiger partial charge on any atom is -0.481 e. The van der Waals surface area contributed by atoms with E-state index in [1.54, 1.807) is 6.07 Å². The molecule has 0 amide bonds. The van der Waals surface area contributed by atoms with E-state index >= 15 is 0 Å². The van der Waals surface area contributed by atoms with E-state index in [4.69, 9.17) is 5.11 Å². The van der Waals surface area contributed by atoms with Crippen molar-refractivity contribution in [1.82, 2.24) is 9.29 Å². The summed E-state index contributed by atoms with van der Waals surface area (Å²) in [6, 6.07) is 3.25. The van der Waals surface area contributed by atoms with Gasteiger partial charge in [-0.3, -0.25) is 4.79 Å². The van der Waals surface area contributed by atoms with Gasteiger partial charge in [-0.1, -0.05) is 0 Å². The zero-order valence-electron chi connectivity index (χ0n) is 11.4. The molecule has 0 bridgehead atoms. The highest BCUT2D eigenvalue weighted by molar-refractivity contribution is 7.91. The van der Waals surface area contributed by atoms with Crippen molar-refractivity contribution in [3.8, 4) is 10.6 Å². The van der Waals surface area contributed by atoms with Crippen LogP contribution in [0, 0.1) is 6.92 Å². The summed E-state index contributed by atoms with van der Waals surface area (Å²) in [6.45, 7) is 1.83. The molecule has 21 heavy (non-hydrogen) atoms. The maximum absolute atomic E-state index is 12.3. The van der Waals surface area contributed by atoms with Crippen LogP contribution in [0.15, 0.2) is 21.7 Å². The molecule has 0 unspecified atom stereocenters. The molecule has 2 heterocycles. The van der Waals surface area contributed by atoms with E-state index < -0.39 is 16.0 Å². The van der Waals surface area contributed by atoms with Crippen molar-refractivity contribution < 1.29 is 18.3 Å². The number of thiazole rings is 1. The van der Waals surface area contributed by atoms with Crippen molar-refractivity contribution in [3.05, 3.63) is 22.5 Å². The van der Waals surface area contributed by atoms with Crippen LogP contribution in [-0.2, 0) is 14.8 Å². The number of aliphatic carboxylic acids is 1. The van der Waals surface area contributed by atoms with Gasteiger partial charge in [0.05, 0.1) is 22.0 Å². The molecule has 0 saturated carbocycles. The fourth-order valence-electron chi connectivity index (χ4n) is 1.60. The minimum atomic E-state index is -3.65. The van der Waals surface area contributed by atoms with Crippen molar-refractivity contribution in [3.63, 3.8) is 0 Å². The number of carboxylic acid groups (broad SMARTS) is 1. The molecule has 0 spiro atoms. The summed E-state index contributed by atoms with van der Waals surface area (Å²) in [7, 11) is -2.27. The third-order valence-electron chi connectivity index (χ3n) is 2.76. The summed E-state index contributed by atoms with van der Waals surface area (Å²) in [5.74, 6) is -1.03. The quantitative estimate of drug-likeness (QED) is 0.867. The van der Waals surface area contributed by atoms with Gasteiger partial charge in [0, 0.05) is 19.0 Å². The van der Waals surface area contributed by atoms with E-state index in [-0.39, 0.29) is 17.2 Å². The maximum atomic E-state index is 12.3. The highest BCUT2D eigenvalue weighted by Gasteiger charge is 2.23. The Morgan fingerprint density at radius 1 is 1.43 bits per heavy atom. The summed E-state index contributed by atoms with van der Waals surface area (Å²) in [6.07, 6.45) is -0.223. The van der Waals surface area contributed by atoms with Crippen molar-refractivity contribution in [2.45, 2.75) is 17.6 Å². The molecular formula is C12H14N2O4S3. The van der Waals surface area contributed by atoms with Crippen molar-refractivity contribution in [2.24, 2.45) is 0 Å². The van der Waals surface area contributed by atoms with E-state index in [0.717, 1.165) is 31.2 Å². The molecule has 0 saturated heterocycles. The number of thiophene rings is 1. The average molecular weight is 346 g/mol. The summed E-state index contributed by atoms with van der Waals surface area (Å²) in [5.41, 5.74) is 0.761. The van der Waals surface area contributed by atoms with Crippen LogP contribution in [0.5, 0.6) is 0 Å². The van der Waals surface area contributed by atoms with Crippen LogP contribution in [0.4, 0.5) is 0 Å². The van der Waals surface area contributed by atoms with Gasteiger partial charge < -0.3 is 5.11 Å². The lowest BCUT2D eigenvalue weighted by molar-refractivity contribution is -0.137.